The third kappa shape index (κ3) is 3.37. The summed E-state index contributed by atoms with van der Waals surface area (Å²) in [6.07, 6.45) is 0.720. The molecule has 19 heavy (non-hydrogen) atoms. The fourth-order valence-electron chi connectivity index (χ4n) is 2.17. The van der Waals surface area contributed by atoms with E-state index in [1.165, 1.54) is 12.5 Å². The maximum absolute atomic E-state index is 12.5. The van der Waals surface area contributed by atoms with Crippen molar-refractivity contribution in [1.82, 2.24) is 4.98 Å². The Kier molecular flexibility index (Phi) is 4.29. The van der Waals surface area contributed by atoms with Crippen molar-refractivity contribution < 1.29 is 13.2 Å². The Labute approximate surface area is 110 Å². The smallest absolute Gasteiger partial charge is 0.354 e. The van der Waals surface area contributed by atoms with Crippen LogP contribution in [0.4, 0.5) is 19.0 Å². The van der Waals surface area contributed by atoms with Crippen LogP contribution in [-0.4, -0.2) is 24.1 Å². The average Bonchev–Trinajstić information content (AvgIpc) is 2.31. The number of hydrogen-bond donors (Lipinski definition) is 1. The second-order valence-corrected chi connectivity index (χ2v) is 4.82. The molecule has 2 N–H and O–H groups in total. The van der Waals surface area contributed by atoms with Gasteiger partial charge in [-0.3, -0.25) is 0 Å². The van der Waals surface area contributed by atoms with Crippen LogP contribution < -0.4 is 10.6 Å². The lowest BCUT2D eigenvalue weighted by Crippen LogP contribution is -2.41. The highest BCUT2D eigenvalue weighted by Crippen LogP contribution is 2.32. The molecule has 1 aliphatic rings. The molecule has 1 aliphatic carbocycles. The lowest BCUT2D eigenvalue weighted by Gasteiger charge is -2.38. The summed E-state index contributed by atoms with van der Waals surface area (Å²) in [5.41, 5.74) is 4.79. The molecule has 0 amide bonds. The van der Waals surface area contributed by atoms with Crippen LogP contribution in [0.5, 0.6) is 0 Å². The van der Waals surface area contributed by atoms with Gasteiger partial charge in [-0.05, 0) is 44.4 Å². The predicted octanol–water partition coefficient (Wildman–Crippen LogP) is 2.81. The molecule has 106 valence electrons. The molecular formula is C13H18F3N3. The number of pyridine rings is 1. The van der Waals surface area contributed by atoms with Crippen LogP contribution in [0.1, 0.15) is 31.2 Å². The Morgan fingerprint density at radius 3 is 2.47 bits per heavy atom. The second-order valence-electron chi connectivity index (χ2n) is 4.82. The Hall–Kier alpha value is -1.30. The molecular weight excluding hydrogens is 255 g/mol. The number of aromatic nitrogens is 1. The van der Waals surface area contributed by atoms with Gasteiger partial charge in [-0.2, -0.15) is 13.2 Å². The molecule has 1 heterocycles. The number of anilines is 1. The molecule has 0 radical (unpaired) electrons. The number of halogens is 3. The quantitative estimate of drug-likeness (QED) is 0.897. The van der Waals surface area contributed by atoms with Crippen molar-refractivity contribution in [2.45, 2.75) is 37.9 Å². The third-order valence-electron chi connectivity index (χ3n) is 3.49. The standard InChI is InChI=1S/C13H18F3N3/c14-13(15,16)10-5-6-12(18-9-10)19(8-2-7-17)11-3-1-4-11/h5-6,9,11H,1-4,7-8,17H2. The SMILES string of the molecule is NCCCN(c1ccc(C(F)(F)F)cn1)C1CCC1. The van der Waals surface area contributed by atoms with Crippen molar-refractivity contribution >= 4 is 5.82 Å². The second kappa shape index (κ2) is 5.77. The van der Waals surface area contributed by atoms with Gasteiger partial charge in [0.05, 0.1) is 5.56 Å². The van der Waals surface area contributed by atoms with Crippen LogP contribution in [0.15, 0.2) is 18.3 Å². The molecule has 3 nitrogen and oxygen atoms in total. The average molecular weight is 273 g/mol. The van der Waals surface area contributed by atoms with Crippen LogP contribution in [0.2, 0.25) is 0 Å². The molecule has 0 aromatic carbocycles. The summed E-state index contributed by atoms with van der Waals surface area (Å²) in [4.78, 5) is 6.05. The molecule has 2 rings (SSSR count). The first-order valence-corrected chi connectivity index (χ1v) is 6.52. The molecule has 0 bridgehead atoms. The van der Waals surface area contributed by atoms with Crippen molar-refractivity contribution in [3.05, 3.63) is 23.9 Å². The first-order chi connectivity index (χ1) is 9.02. The van der Waals surface area contributed by atoms with E-state index in [9.17, 15) is 13.2 Å². The summed E-state index contributed by atoms with van der Waals surface area (Å²) in [6.45, 7) is 1.32. The maximum atomic E-state index is 12.5. The molecule has 0 unspecified atom stereocenters. The van der Waals surface area contributed by atoms with E-state index in [2.05, 4.69) is 9.88 Å². The minimum atomic E-state index is -4.33. The van der Waals surface area contributed by atoms with Crippen molar-refractivity contribution in [1.29, 1.82) is 0 Å². The zero-order valence-electron chi connectivity index (χ0n) is 10.7. The van der Waals surface area contributed by atoms with Crippen LogP contribution in [-0.2, 0) is 6.18 Å². The van der Waals surface area contributed by atoms with Crippen LogP contribution >= 0.6 is 0 Å². The van der Waals surface area contributed by atoms with Gasteiger partial charge in [0.2, 0.25) is 0 Å². The van der Waals surface area contributed by atoms with Crippen molar-refractivity contribution in [3.8, 4) is 0 Å². The van der Waals surface area contributed by atoms with E-state index in [0.717, 1.165) is 38.1 Å². The van der Waals surface area contributed by atoms with Crippen LogP contribution in [0.3, 0.4) is 0 Å². The van der Waals surface area contributed by atoms with E-state index in [-0.39, 0.29) is 0 Å². The molecule has 1 saturated carbocycles. The highest BCUT2D eigenvalue weighted by molar-refractivity contribution is 5.41. The van der Waals surface area contributed by atoms with Gasteiger partial charge in [-0.15, -0.1) is 0 Å². The van der Waals surface area contributed by atoms with E-state index in [1.54, 1.807) is 0 Å². The van der Waals surface area contributed by atoms with Crippen LogP contribution in [0.25, 0.3) is 0 Å². The zero-order chi connectivity index (χ0) is 13.9. The van der Waals surface area contributed by atoms with Gasteiger partial charge >= 0.3 is 6.18 Å². The molecule has 0 atom stereocenters. The van der Waals surface area contributed by atoms with E-state index < -0.39 is 11.7 Å². The van der Waals surface area contributed by atoms with Gasteiger partial charge in [0.25, 0.3) is 0 Å². The fourth-order valence-corrected chi connectivity index (χ4v) is 2.17. The Morgan fingerprint density at radius 1 is 1.32 bits per heavy atom. The van der Waals surface area contributed by atoms with Gasteiger partial charge in [0, 0.05) is 18.8 Å². The first kappa shape index (κ1) is 14.1. The number of nitrogens with zero attached hydrogens (tertiary/aromatic N) is 2. The van der Waals surface area contributed by atoms with Crippen LogP contribution in [0, 0.1) is 0 Å². The van der Waals surface area contributed by atoms with E-state index in [1.807, 2.05) is 0 Å². The summed E-state index contributed by atoms with van der Waals surface area (Å²) >= 11 is 0. The summed E-state index contributed by atoms with van der Waals surface area (Å²) in [6, 6.07) is 2.95. The summed E-state index contributed by atoms with van der Waals surface area (Å²) in [7, 11) is 0. The molecule has 1 aromatic rings. The molecule has 0 spiro atoms. The minimum absolute atomic E-state index is 0.399. The lowest BCUT2D eigenvalue weighted by molar-refractivity contribution is -0.137. The summed E-state index contributed by atoms with van der Waals surface area (Å²) in [5, 5.41) is 0. The third-order valence-corrected chi connectivity index (χ3v) is 3.49. The predicted molar refractivity (Wildman–Crippen MR) is 67.9 cm³/mol. The normalized spacial score (nSPS) is 16.2. The topological polar surface area (TPSA) is 42.1 Å². The monoisotopic (exact) mass is 273 g/mol. The first-order valence-electron chi connectivity index (χ1n) is 6.52. The molecule has 6 heteroatoms. The van der Waals surface area contributed by atoms with E-state index >= 15 is 0 Å². The Bertz CT molecular complexity index is 399. The maximum Gasteiger partial charge on any atom is 0.417 e. The number of hydrogen-bond acceptors (Lipinski definition) is 3. The number of alkyl halides is 3. The Balaban J connectivity index is 2.12. The molecule has 0 aliphatic heterocycles. The summed E-state index contributed by atoms with van der Waals surface area (Å²) in [5.74, 6) is 0.617. The molecule has 0 saturated heterocycles. The molecule has 1 fully saturated rings. The van der Waals surface area contributed by atoms with Gasteiger partial charge in [0.1, 0.15) is 5.82 Å². The van der Waals surface area contributed by atoms with Gasteiger partial charge < -0.3 is 10.6 Å². The Morgan fingerprint density at radius 2 is 2.05 bits per heavy atom. The fraction of sp³-hybridized carbons (Fsp3) is 0.615. The highest BCUT2D eigenvalue weighted by Gasteiger charge is 2.31. The van der Waals surface area contributed by atoms with E-state index in [4.69, 9.17) is 5.73 Å². The lowest BCUT2D eigenvalue weighted by atomic mass is 9.91. The summed E-state index contributed by atoms with van der Waals surface area (Å²) < 4.78 is 37.5. The molecule has 1 aromatic heterocycles. The highest BCUT2D eigenvalue weighted by atomic mass is 19.4. The zero-order valence-corrected chi connectivity index (χ0v) is 10.7. The van der Waals surface area contributed by atoms with Gasteiger partial charge in [-0.25, -0.2) is 4.98 Å². The largest absolute Gasteiger partial charge is 0.417 e. The van der Waals surface area contributed by atoms with Crippen molar-refractivity contribution in [2.24, 2.45) is 5.73 Å². The van der Waals surface area contributed by atoms with Gasteiger partial charge in [-0.1, -0.05) is 0 Å². The number of nitrogens with two attached hydrogens (primary N) is 1. The van der Waals surface area contributed by atoms with Crippen molar-refractivity contribution in [2.75, 3.05) is 18.0 Å². The van der Waals surface area contributed by atoms with Gasteiger partial charge in [0.15, 0.2) is 0 Å². The minimum Gasteiger partial charge on any atom is -0.354 e. The number of rotatable bonds is 5. The van der Waals surface area contributed by atoms with E-state index in [0.29, 0.717) is 18.4 Å². The van der Waals surface area contributed by atoms with Crippen molar-refractivity contribution in [3.63, 3.8) is 0 Å².